The standard InChI is InChI=1S/C21H25N3O2S/c1-13(2)10-23-11-17(9-20(23)25)21(26)24-7-6-16-8-15(4-5-19(16)24)18-12-27-14(3)22-18/h4-5,8,12-13,17H,6-7,9-11H2,1-3H3/t17-/m0/s1. The lowest BCUT2D eigenvalue weighted by Gasteiger charge is -2.22. The van der Waals surface area contributed by atoms with Gasteiger partial charge in [0.25, 0.3) is 0 Å². The number of aryl methyl sites for hydroxylation is 1. The number of likely N-dealkylation sites (tertiary alicyclic amines) is 1. The van der Waals surface area contributed by atoms with Gasteiger partial charge in [0.15, 0.2) is 0 Å². The summed E-state index contributed by atoms with van der Waals surface area (Å²) in [5.41, 5.74) is 4.28. The van der Waals surface area contributed by atoms with E-state index in [2.05, 4.69) is 30.3 Å². The Morgan fingerprint density at radius 2 is 2.19 bits per heavy atom. The van der Waals surface area contributed by atoms with Crippen molar-refractivity contribution in [2.24, 2.45) is 11.8 Å². The number of hydrogen-bond donors (Lipinski definition) is 0. The lowest BCUT2D eigenvalue weighted by Crippen LogP contribution is -2.36. The molecule has 1 aromatic carbocycles. The van der Waals surface area contributed by atoms with Crippen LogP contribution in [0.15, 0.2) is 23.6 Å². The van der Waals surface area contributed by atoms with Crippen LogP contribution in [0.4, 0.5) is 5.69 Å². The van der Waals surface area contributed by atoms with Gasteiger partial charge < -0.3 is 9.80 Å². The Hall–Kier alpha value is -2.21. The van der Waals surface area contributed by atoms with E-state index >= 15 is 0 Å². The number of amides is 2. The molecule has 0 aliphatic carbocycles. The maximum Gasteiger partial charge on any atom is 0.232 e. The summed E-state index contributed by atoms with van der Waals surface area (Å²) in [5, 5.41) is 3.13. The molecule has 0 unspecified atom stereocenters. The topological polar surface area (TPSA) is 53.5 Å². The van der Waals surface area contributed by atoms with E-state index in [1.165, 1.54) is 5.56 Å². The molecule has 2 aliphatic heterocycles. The van der Waals surface area contributed by atoms with E-state index in [4.69, 9.17) is 0 Å². The number of carbonyl (C=O) groups is 2. The van der Waals surface area contributed by atoms with Gasteiger partial charge in [0, 0.05) is 42.7 Å². The molecule has 2 amide bonds. The van der Waals surface area contributed by atoms with Crippen LogP contribution >= 0.6 is 11.3 Å². The number of fused-ring (bicyclic) bond motifs is 1. The second kappa shape index (κ2) is 7.08. The van der Waals surface area contributed by atoms with E-state index in [1.807, 2.05) is 28.9 Å². The molecule has 142 valence electrons. The van der Waals surface area contributed by atoms with Gasteiger partial charge in [-0.3, -0.25) is 9.59 Å². The average Bonchev–Trinajstić information content (AvgIpc) is 3.32. The van der Waals surface area contributed by atoms with Crippen LogP contribution in [0.2, 0.25) is 0 Å². The monoisotopic (exact) mass is 383 g/mol. The fourth-order valence-corrected chi connectivity index (χ4v) is 4.68. The minimum atomic E-state index is -0.219. The smallest absolute Gasteiger partial charge is 0.232 e. The van der Waals surface area contributed by atoms with E-state index in [-0.39, 0.29) is 17.7 Å². The van der Waals surface area contributed by atoms with Crippen molar-refractivity contribution in [2.45, 2.75) is 33.6 Å². The second-order valence-corrected chi connectivity index (χ2v) is 8.99. The summed E-state index contributed by atoms with van der Waals surface area (Å²) in [4.78, 5) is 33.6. The average molecular weight is 384 g/mol. The second-order valence-electron chi connectivity index (χ2n) is 7.93. The number of thiazole rings is 1. The zero-order valence-corrected chi connectivity index (χ0v) is 16.9. The summed E-state index contributed by atoms with van der Waals surface area (Å²) < 4.78 is 0. The van der Waals surface area contributed by atoms with Gasteiger partial charge in [-0.2, -0.15) is 0 Å². The number of anilines is 1. The van der Waals surface area contributed by atoms with Crippen LogP contribution in [0.25, 0.3) is 11.3 Å². The molecule has 2 aliphatic rings. The number of benzene rings is 1. The Morgan fingerprint density at radius 3 is 2.89 bits per heavy atom. The van der Waals surface area contributed by atoms with Crippen LogP contribution in [0, 0.1) is 18.8 Å². The van der Waals surface area contributed by atoms with Crippen molar-refractivity contribution >= 4 is 28.8 Å². The fraction of sp³-hybridized carbons (Fsp3) is 0.476. The van der Waals surface area contributed by atoms with E-state index in [9.17, 15) is 9.59 Å². The Labute approximate surface area is 164 Å². The largest absolute Gasteiger partial charge is 0.342 e. The van der Waals surface area contributed by atoms with Gasteiger partial charge >= 0.3 is 0 Å². The SMILES string of the molecule is Cc1nc(-c2ccc3c(c2)CCN3C(=O)[C@H]2CC(=O)N(CC(C)C)C2)cs1. The first kappa shape index (κ1) is 18.2. The summed E-state index contributed by atoms with van der Waals surface area (Å²) >= 11 is 1.65. The highest BCUT2D eigenvalue weighted by Gasteiger charge is 2.38. The third-order valence-corrected chi connectivity index (χ3v) is 6.08. The molecule has 0 bridgehead atoms. The Morgan fingerprint density at radius 1 is 1.37 bits per heavy atom. The maximum absolute atomic E-state index is 13.1. The van der Waals surface area contributed by atoms with Crippen LogP contribution in [0.1, 0.15) is 30.8 Å². The molecule has 1 aromatic heterocycles. The van der Waals surface area contributed by atoms with Gasteiger partial charge in [-0.05, 0) is 37.0 Å². The van der Waals surface area contributed by atoms with Gasteiger partial charge in [-0.1, -0.05) is 19.9 Å². The third-order valence-electron chi connectivity index (χ3n) is 5.31. The van der Waals surface area contributed by atoms with Crippen molar-refractivity contribution < 1.29 is 9.59 Å². The van der Waals surface area contributed by atoms with Gasteiger partial charge in [0.1, 0.15) is 0 Å². The van der Waals surface area contributed by atoms with Crippen LogP contribution in [-0.2, 0) is 16.0 Å². The molecule has 27 heavy (non-hydrogen) atoms. The normalized spacial score (nSPS) is 19.3. The van der Waals surface area contributed by atoms with Crippen molar-refractivity contribution in [3.8, 4) is 11.3 Å². The summed E-state index contributed by atoms with van der Waals surface area (Å²) in [6, 6.07) is 6.23. The molecule has 2 aromatic rings. The predicted octanol–water partition coefficient (Wildman–Crippen LogP) is 3.51. The molecule has 1 fully saturated rings. The van der Waals surface area contributed by atoms with Crippen LogP contribution in [-0.4, -0.2) is 41.3 Å². The lowest BCUT2D eigenvalue weighted by molar-refractivity contribution is -0.128. The molecule has 3 heterocycles. The minimum Gasteiger partial charge on any atom is -0.342 e. The van der Waals surface area contributed by atoms with Crippen LogP contribution < -0.4 is 4.90 Å². The Balaban J connectivity index is 1.51. The zero-order valence-electron chi connectivity index (χ0n) is 16.1. The molecule has 1 atom stereocenters. The fourth-order valence-electron chi connectivity index (χ4n) is 4.06. The summed E-state index contributed by atoms with van der Waals surface area (Å²) in [6.45, 7) is 8.19. The van der Waals surface area contributed by atoms with Crippen molar-refractivity contribution in [3.05, 3.63) is 34.2 Å². The van der Waals surface area contributed by atoms with Crippen molar-refractivity contribution in [1.29, 1.82) is 0 Å². The molecule has 0 N–H and O–H groups in total. The van der Waals surface area contributed by atoms with E-state index in [1.54, 1.807) is 11.3 Å². The van der Waals surface area contributed by atoms with E-state index < -0.39 is 0 Å². The Kier molecular flexibility index (Phi) is 4.76. The maximum atomic E-state index is 13.1. The van der Waals surface area contributed by atoms with Crippen LogP contribution in [0.5, 0.6) is 0 Å². The first-order valence-electron chi connectivity index (χ1n) is 9.57. The van der Waals surface area contributed by atoms with Crippen molar-refractivity contribution in [2.75, 3.05) is 24.5 Å². The quantitative estimate of drug-likeness (QED) is 0.812. The first-order valence-corrected chi connectivity index (χ1v) is 10.4. The van der Waals surface area contributed by atoms with Crippen molar-refractivity contribution in [1.82, 2.24) is 9.88 Å². The van der Waals surface area contributed by atoms with Gasteiger partial charge in [-0.25, -0.2) is 4.98 Å². The summed E-state index contributed by atoms with van der Waals surface area (Å²) in [6.07, 6.45) is 1.20. The number of hydrogen-bond acceptors (Lipinski definition) is 4. The highest BCUT2D eigenvalue weighted by molar-refractivity contribution is 7.09. The van der Waals surface area contributed by atoms with Crippen LogP contribution in [0.3, 0.4) is 0 Å². The van der Waals surface area contributed by atoms with Gasteiger partial charge in [-0.15, -0.1) is 11.3 Å². The summed E-state index contributed by atoms with van der Waals surface area (Å²) in [7, 11) is 0. The van der Waals surface area contributed by atoms with Crippen molar-refractivity contribution in [3.63, 3.8) is 0 Å². The van der Waals surface area contributed by atoms with Gasteiger partial charge in [0.05, 0.1) is 16.6 Å². The van der Waals surface area contributed by atoms with E-state index in [0.29, 0.717) is 25.4 Å². The van der Waals surface area contributed by atoms with Gasteiger partial charge in [0.2, 0.25) is 11.8 Å². The van der Waals surface area contributed by atoms with E-state index in [0.717, 1.165) is 34.9 Å². The molecule has 1 saturated heterocycles. The number of carbonyl (C=O) groups excluding carboxylic acids is 2. The molecule has 0 saturated carbocycles. The Bertz CT molecular complexity index is 889. The highest BCUT2D eigenvalue weighted by Crippen LogP contribution is 2.34. The number of aromatic nitrogens is 1. The summed E-state index contributed by atoms with van der Waals surface area (Å²) in [5.74, 6) is 0.396. The molecular weight excluding hydrogens is 358 g/mol. The number of rotatable bonds is 4. The number of nitrogens with zero attached hydrogens (tertiary/aromatic N) is 3. The third kappa shape index (κ3) is 3.50. The molecule has 4 rings (SSSR count). The molecular formula is C21H25N3O2S. The molecule has 5 nitrogen and oxygen atoms in total. The highest BCUT2D eigenvalue weighted by atomic mass is 32.1. The zero-order chi connectivity index (χ0) is 19.1. The minimum absolute atomic E-state index is 0.0885. The predicted molar refractivity (Wildman–Crippen MR) is 108 cm³/mol. The molecule has 0 spiro atoms. The molecule has 6 heteroatoms. The molecule has 0 radical (unpaired) electrons. The lowest BCUT2D eigenvalue weighted by atomic mass is 10.1. The first-order chi connectivity index (χ1) is 12.9.